The van der Waals surface area contributed by atoms with Crippen LogP contribution in [0, 0.1) is 0 Å². The van der Waals surface area contributed by atoms with Crippen molar-refractivity contribution >= 4 is 35.8 Å². The molecule has 1 heterocycles. The van der Waals surface area contributed by atoms with Crippen molar-refractivity contribution in [3.8, 4) is 0 Å². The fraction of sp³-hybridized carbons (Fsp3) is 0.750. The Labute approximate surface area is 238 Å². The Kier molecular flexibility index (Phi) is 16.4. The third kappa shape index (κ3) is 16.5. The molecular formula is C24H42N6O11. The van der Waals surface area contributed by atoms with Crippen molar-refractivity contribution in [1.82, 2.24) is 29.4 Å². The average molecular weight is 591 g/mol. The van der Waals surface area contributed by atoms with Gasteiger partial charge in [0, 0.05) is 65.4 Å². The fourth-order valence-corrected chi connectivity index (χ4v) is 4.35. The second-order valence-electron chi connectivity index (χ2n) is 9.76. The quantitative estimate of drug-likeness (QED) is 0.119. The van der Waals surface area contributed by atoms with Crippen LogP contribution in [-0.2, 0) is 28.8 Å². The van der Waals surface area contributed by atoms with Gasteiger partial charge in [0.1, 0.15) is 0 Å². The summed E-state index contributed by atoms with van der Waals surface area (Å²) in [5.41, 5.74) is 0. The number of carboxylic acid groups (broad SMARTS) is 5. The number of carbonyl (C=O) groups is 6. The van der Waals surface area contributed by atoms with Crippen LogP contribution in [0.25, 0.3) is 0 Å². The number of carbonyl (C=O) groups excluding carboxylic acids is 1. The second-order valence-corrected chi connectivity index (χ2v) is 9.76. The highest BCUT2D eigenvalue weighted by Gasteiger charge is 2.24. The van der Waals surface area contributed by atoms with Crippen LogP contribution in [0.5, 0.6) is 0 Å². The van der Waals surface area contributed by atoms with Crippen molar-refractivity contribution < 1.29 is 54.3 Å². The molecule has 1 aliphatic rings. The molecule has 0 radical (unpaired) electrons. The highest BCUT2D eigenvalue weighted by atomic mass is 16.4. The second kappa shape index (κ2) is 18.9. The normalized spacial score (nSPS) is 16.7. The van der Waals surface area contributed by atoms with Gasteiger partial charge in [0.25, 0.3) is 0 Å². The Morgan fingerprint density at radius 3 is 1.20 bits per heavy atom. The van der Waals surface area contributed by atoms with Gasteiger partial charge < -0.3 is 30.4 Å². The zero-order chi connectivity index (χ0) is 30.9. The van der Waals surface area contributed by atoms with Crippen LogP contribution in [0.15, 0.2) is 0 Å². The number of aliphatic carboxylic acids is 5. The maximum absolute atomic E-state index is 13.4. The van der Waals surface area contributed by atoms with E-state index in [0.29, 0.717) is 6.54 Å². The first-order chi connectivity index (χ1) is 19.3. The fourth-order valence-electron chi connectivity index (χ4n) is 4.35. The lowest BCUT2D eigenvalue weighted by Crippen LogP contribution is -2.51. The van der Waals surface area contributed by atoms with Gasteiger partial charge in [0.2, 0.25) is 5.91 Å². The molecule has 0 bridgehead atoms. The van der Waals surface area contributed by atoms with E-state index < -0.39 is 42.3 Å². The van der Waals surface area contributed by atoms with Crippen molar-refractivity contribution in [2.24, 2.45) is 0 Å². The van der Waals surface area contributed by atoms with E-state index in [-0.39, 0.29) is 98.2 Å². The third-order valence-electron chi connectivity index (χ3n) is 6.52. The molecular weight excluding hydrogens is 548 g/mol. The summed E-state index contributed by atoms with van der Waals surface area (Å²) in [5.74, 6) is -5.90. The molecule has 17 nitrogen and oxygen atoms in total. The Morgan fingerprint density at radius 1 is 0.512 bits per heavy atom. The number of rotatable bonds is 16. The number of nitrogens with zero attached hydrogens (tertiary/aromatic N) is 6. The van der Waals surface area contributed by atoms with E-state index >= 15 is 0 Å². The minimum absolute atomic E-state index is 0.0764. The van der Waals surface area contributed by atoms with Gasteiger partial charge in [-0.1, -0.05) is 6.92 Å². The van der Waals surface area contributed by atoms with Crippen LogP contribution in [-0.4, -0.2) is 202 Å². The topological polar surface area (TPSA) is 223 Å². The van der Waals surface area contributed by atoms with E-state index in [2.05, 4.69) is 0 Å². The van der Waals surface area contributed by atoms with Gasteiger partial charge in [0.05, 0.1) is 39.3 Å². The Bertz CT molecular complexity index is 873. The summed E-state index contributed by atoms with van der Waals surface area (Å²) in [6, 6.07) is 0. The molecule has 0 saturated carbocycles. The zero-order valence-corrected chi connectivity index (χ0v) is 23.4. The molecule has 234 valence electrons. The van der Waals surface area contributed by atoms with Gasteiger partial charge in [-0.15, -0.1) is 0 Å². The standard InChI is InChI=1S/C24H42N6O11/c1-2-25(14-20(32)33)3-8-29(18-24(40)41)13-19(31)30-11-9-27(16-22(36)37)6-4-26(15-21(34)35)5-7-28(10-12-30)17-23(38)39/h2-18H2,1H3,(H,32,33)(H,34,35)(H,36,37)(H,38,39)(H,40,41). The van der Waals surface area contributed by atoms with Crippen molar-refractivity contribution in [2.75, 3.05) is 111 Å². The minimum atomic E-state index is -1.17. The van der Waals surface area contributed by atoms with Crippen molar-refractivity contribution in [3.63, 3.8) is 0 Å². The van der Waals surface area contributed by atoms with E-state index in [9.17, 15) is 49.2 Å². The Morgan fingerprint density at radius 2 is 0.854 bits per heavy atom. The summed E-state index contributed by atoms with van der Waals surface area (Å²) in [4.78, 5) is 79.3. The zero-order valence-electron chi connectivity index (χ0n) is 23.4. The van der Waals surface area contributed by atoms with Crippen molar-refractivity contribution in [2.45, 2.75) is 6.92 Å². The molecule has 0 aromatic rings. The van der Waals surface area contributed by atoms with Gasteiger partial charge in [-0.25, -0.2) is 0 Å². The minimum Gasteiger partial charge on any atom is -0.480 e. The Hall–Kier alpha value is -3.38. The largest absolute Gasteiger partial charge is 0.480 e. The van der Waals surface area contributed by atoms with E-state index in [1.165, 1.54) is 9.80 Å². The van der Waals surface area contributed by atoms with Crippen LogP contribution >= 0.6 is 0 Å². The lowest BCUT2D eigenvalue weighted by Gasteiger charge is -2.34. The van der Waals surface area contributed by atoms with Gasteiger partial charge in [-0.2, -0.15) is 0 Å². The molecule has 5 N–H and O–H groups in total. The maximum Gasteiger partial charge on any atom is 0.317 e. The SMILES string of the molecule is CCN(CCN(CC(=O)O)CC(=O)N1CCN(CC(=O)O)CCN(CC(=O)O)CCN(CC(=O)O)CC1)CC(=O)O. The molecule has 1 aliphatic heterocycles. The first-order valence-electron chi connectivity index (χ1n) is 13.3. The number of amides is 1. The highest BCUT2D eigenvalue weighted by Crippen LogP contribution is 2.04. The lowest BCUT2D eigenvalue weighted by atomic mass is 10.3. The van der Waals surface area contributed by atoms with E-state index in [0.717, 1.165) is 0 Å². The number of hydrogen-bond donors (Lipinski definition) is 5. The number of likely N-dealkylation sites (N-methyl/N-ethyl adjacent to an activating group) is 1. The summed E-state index contributed by atoms with van der Waals surface area (Å²) in [6.07, 6.45) is 0. The summed E-state index contributed by atoms with van der Waals surface area (Å²) in [6.45, 7) is 1.80. The molecule has 0 atom stereocenters. The molecule has 0 aliphatic carbocycles. The first-order valence-corrected chi connectivity index (χ1v) is 13.3. The molecule has 0 spiro atoms. The number of carboxylic acids is 5. The van der Waals surface area contributed by atoms with Crippen LogP contribution in [0.3, 0.4) is 0 Å². The lowest BCUT2D eigenvalue weighted by molar-refractivity contribution is -0.142. The van der Waals surface area contributed by atoms with E-state index in [1.807, 2.05) is 0 Å². The average Bonchev–Trinajstić information content (AvgIpc) is 2.84. The van der Waals surface area contributed by atoms with Crippen molar-refractivity contribution in [1.29, 1.82) is 0 Å². The molecule has 1 saturated heterocycles. The highest BCUT2D eigenvalue weighted by molar-refractivity contribution is 5.79. The molecule has 41 heavy (non-hydrogen) atoms. The molecule has 0 unspecified atom stereocenters. The monoisotopic (exact) mass is 590 g/mol. The van der Waals surface area contributed by atoms with Gasteiger partial charge in [0.15, 0.2) is 0 Å². The van der Waals surface area contributed by atoms with Crippen molar-refractivity contribution in [3.05, 3.63) is 0 Å². The molecule has 1 amide bonds. The molecule has 0 aromatic carbocycles. The van der Waals surface area contributed by atoms with Gasteiger partial charge in [-0.05, 0) is 6.54 Å². The summed E-state index contributed by atoms with van der Waals surface area (Å²) in [5, 5.41) is 46.4. The van der Waals surface area contributed by atoms with Crippen LogP contribution in [0.2, 0.25) is 0 Å². The summed E-state index contributed by atoms with van der Waals surface area (Å²) < 4.78 is 0. The Balaban J connectivity index is 3.09. The van der Waals surface area contributed by atoms with E-state index in [1.54, 1.807) is 26.5 Å². The maximum atomic E-state index is 13.4. The molecule has 1 rings (SSSR count). The molecule has 17 heteroatoms. The smallest absolute Gasteiger partial charge is 0.317 e. The predicted octanol–water partition coefficient (Wildman–Crippen LogP) is -3.22. The van der Waals surface area contributed by atoms with Crippen LogP contribution < -0.4 is 0 Å². The van der Waals surface area contributed by atoms with Crippen LogP contribution in [0.1, 0.15) is 6.92 Å². The molecule has 0 aromatic heterocycles. The van der Waals surface area contributed by atoms with Crippen LogP contribution in [0.4, 0.5) is 0 Å². The first kappa shape index (κ1) is 35.6. The number of hydrogen-bond acceptors (Lipinski definition) is 11. The van der Waals surface area contributed by atoms with E-state index in [4.69, 9.17) is 5.11 Å². The summed E-state index contributed by atoms with van der Waals surface area (Å²) in [7, 11) is 0. The summed E-state index contributed by atoms with van der Waals surface area (Å²) >= 11 is 0. The van der Waals surface area contributed by atoms with Gasteiger partial charge >= 0.3 is 29.8 Å². The molecule has 1 fully saturated rings. The third-order valence-corrected chi connectivity index (χ3v) is 6.52. The van der Waals surface area contributed by atoms with Gasteiger partial charge in [-0.3, -0.25) is 53.3 Å². The predicted molar refractivity (Wildman–Crippen MR) is 143 cm³/mol.